The summed E-state index contributed by atoms with van der Waals surface area (Å²) in [5.41, 5.74) is 2.92. The van der Waals surface area contributed by atoms with Crippen molar-refractivity contribution in [2.24, 2.45) is 0 Å². The van der Waals surface area contributed by atoms with Crippen LogP contribution in [0.3, 0.4) is 0 Å². The Morgan fingerprint density at radius 3 is 2.26 bits per heavy atom. The smallest absolute Gasteiger partial charge is 0.329 e. The molecule has 0 aliphatic carbocycles. The highest BCUT2D eigenvalue weighted by molar-refractivity contribution is 5.97. The Kier molecular flexibility index (Phi) is 5.28. The van der Waals surface area contributed by atoms with Gasteiger partial charge in [0, 0.05) is 19.9 Å². The average Bonchev–Trinajstić information content (AvgIpc) is 2.36. The molecule has 6 nitrogen and oxygen atoms in total. The van der Waals surface area contributed by atoms with Crippen molar-refractivity contribution < 1.29 is 19.2 Å². The van der Waals surface area contributed by atoms with Crippen LogP contribution in [-0.4, -0.2) is 17.8 Å². The van der Waals surface area contributed by atoms with E-state index in [1.165, 1.54) is 6.92 Å². The Balaban J connectivity index is 2.88. The van der Waals surface area contributed by atoms with E-state index in [4.69, 9.17) is 0 Å². The lowest BCUT2D eigenvalue weighted by molar-refractivity contribution is -0.154. The van der Waals surface area contributed by atoms with Crippen LogP contribution in [0.1, 0.15) is 19.4 Å². The maximum atomic E-state index is 11.5. The van der Waals surface area contributed by atoms with Crippen LogP contribution in [0.15, 0.2) is 36.4 Å². The summed E-state index contributed by atoms with van der Waals surface area (Å²) in [7, 11) is 0. The van der Waals surface area contributed by atoms with E-state index < -0.39 is 11.9 Å². The van der Waals surface area contributed by atoms with Gasteiger partial charge in [-0.25, -0.2) is 0 Å². The van der Waals surface area contributed by atoms with Gasteiger partial charge in [0.15, 0.2) is 0 Å². The average molecular weight is 262 g/mol. The first-order chi connectivity index (χ1) is 8.99. The summed E-state index contributed by atoms with van der Waals surface area (Å²) in [6.45, 7) is 2.50. The van der Waals surface area contributed by atoms with Crippen LogP contribution in [0.4, 0.5) is 0 Å². The summed E-state index contributed by atoms with van der Waals surface area (Å²) in [4.78, 5) is 37.5. The van der Waals surface area contributed by atoms with E-state index in [9.17, 15) is 14.4 Å². The van der Waals surface area contributed by atoms with Gasteiger partial charge in [-0.2, -0.15) is 5.48 Å². The SMILES string of the molecule is CC(=O)NC(=CC(=O)NOC(C)=O)c1ccccc1. The summed E-state index contributed by atoms with van der Waals surface area (Å²) in [5, 5.41) is 2.54. The molecule has 6 heteroatoms. The van der Waals surface area contributed by atoms with Crippen LogP contribution in [0.5, 0.6) is 0 Å². The molecule has 0 radical (unpaired) electrons. The highest BCUT2D eigenvalue weighted by Gasteiger charge is 2.07. The Hall–Kier alpha value is -2.63. The van der Waals surface area contributed by atoms with Gasteiger partial charge in [-0.15, -0.1) is 0 Å². The second-order valence-electron chi connectivity index (χ2n) is 3.67. The van der Waals surface area contributed by atoms with Crippen molar-refractivity contribution in [3.63, 3.8) is 0 Å². The first kappa shape index (κ1) is 14.4. The first-order valence-electron chi connectivity index (χ1n) is 5.51. The van der Waals surface area contributed by atoms with Gasteiger partial charge >= 0.3 is 5.97 Å². The molecule has 0 unspecified atom stereocenters. The molecule has 0 atom stereocenters. The second kappa shape index (κ2) is 6.95. The summed E-state index contributed by atoms with van der Waals surface area (Å²) >= 11 is 0. The summed E-state index contributed by atoms with van der Waals surface area (Å²) < 4.78 is 0. The maximum Gasteiger partial charge on any atom is 0.329 e. The van der Waals surface area contributed by atoms with Gasteiger partial charge in [-0.05, 0) is 5.56 Å². The number of hydrogen-bond acceptors (Lipinski definition) is 4. The van der Waals surface area contributed by atoms with Gasteiger partial charge in [-0.3, -0.25) is 14.4 Å². The zero-order chi connectivity index (χ0) is 14.3. The molecule has 1 aromatic carbocycles. The van der Waals surface area contributed by atoms with Crippen LogP contribution in [-0.2, 0) is 19.2 Å². The van der Waals surface area contributed by atoms with Crippen LogP contribution in [0.25, 0.3) is 5.70 Å². The molecular formula is C13H14N2O4. The lowest BCUT2D eigenvalue weighted by Crippen LogP contribution is -2.26. The predicted octanol–water partition coefficient (Wildman–Crippen LogP) is 0.758. The number of carbonyl (C=O) groups excluding carboxylic acids is 3. The fourth-order valence-corrected chi connectivity index (χ4v) is 1.28. The molecule has 0 bridgehead atoms. The lowest BCUT2D eigenvalue weighted by Gasteiger charge is -2.08. The zero-order valence-electron chi connectivity index (χ0n) is 10.6. The molecule has 2 N–H and O–H groups in total. The number of carbonyl (C=O) groups is 3. The molecule has 1 rings (SSSR count). The molecule has 0 saturated carbocycles. The lowest BCUT2D eigenvalue weighted by atomic mass is 10.1. The topological polar surface area (TPSA) is 84.5 Å². The van der Waals surface area contributed by atoms with E-state index in [2.05, 4.69) is 10.2 Å². The molecule has 0 fully saturated rings. The molecule has 0 aliphatic heterocycles. The monoisotopic (exact) mass is 262 g/mol. The van der Waals surface area contributed by atoms with Crippen molar-refractivity contribution in [3.8, 4) is 0 Å². The third-order valence-corrected chi connectivity index (χ3v) is 1.97. The molecule has 1 aromatic rings. The van der Waals surface area contributed by atoms with Gasteiger partial charge < -0.3 is 10.2 Å². The van der Waals surface area contributed by atoms with Crippen molar-refractivity contribution in [1.82, 2.24) is 10.8 Å². The number of nitrogens with one attached hydrogen (secondary N) is 2. The van der Waals surface area contributed by atoms with Crippen LogP contribution in [0, 0.1) is 0 Å². The minimum Gasteiger partial charge on any atom is -0.341 e. The molecule has 0 heterocycles. The zero-order valence-corrected chi connectivity index (χ0v) is 10.6. The fraction of sp³-hybridized carbons (Fsp3) is 0.154. The van der Waals surface area contributed by atoms with Crippen LogP contribution >= 0.6 is 0 Å². The quantitative estimate of drug-likeness (QED) is 0.622. The second-order valence-corrected chi connectivity index (χ2v) is 3.67. The van der Waals surface area contributed by atoms with Gasteiger partial charge in [0.1, 0.15) is 0 Å². The highest BCUT2D eigenvalue weighted by Crippen LogP contribution is 2.10. The molecule has 0 aliphatic rings. The molecule has 19 heavy (non-hydrogen) atoms. The molecule has 2 amide bonds. The van der Waals surface area contributed by atoms with Crippen LogP contribution in [0.2, 0.25) is 0 Å². The molecular weight excluding hydrogens is 248 g/mol. The Morgan fingerprint density at radius 1 is 1.11 bits per heavy atom. The minimum atomic E-state index is -0.650. The van der Waals surface area contributed by atoms with Crippen molar-refractivity contribution in [3.05, 3.63) is 42.0 Å². The minimum absolute atomic E-state index is 0.310. The van der Waals surface area contributed by atoms with Crippen molar-refractivity contribution >= 4 is 23.5 Å². The van der Waals surface area contributed by atoms with Gasteiger partial charge in [0.25, 0.3) is 5.91 Å². The van der Waals surface area contributed by atoms with Gasteiger partial charge in [-0.1, -0.05) is 30.3 Å². The number of rotatable bonds is 3. The van der Waals surface area contributed by atoms with Gasteiger partial charge in [0.2, 0.25) is 5.91 Å². The van der Waals surface area contributed by atoms with Crippen molar-refractivity contribution in [2.75, 3.05) is 0 Å². The van der Waals surface area contributed by atoms with E-state index in [1.807, 2.05) is 11.5 Å². The molecule has 0 saturated heterocycles. The Labute approximate surface area is 110 Å². The fourth-order valence-electron chi connectivity index (χ4n) is 1.28. The molecule has 0 spiro atoms. The number of amides is 2. The maximum absolute atomic E-state index is 11.5. The van der Waals surface area contributed by atoms with Gasteiger partial charge in [0.05, 0.1) is 5.70 Å². The van der Waals surface area contributed by atoms with E-state index in [-0.39, 0.29) is 5.91 Å². The number of hydroxylamine groups is 1. The number of hydrogen-bond donors (Lipinski definition) is 2. The summed E-state index contributed by atoms with van der Waals surface area (Å²) in [6.07, 6.45) is 1.14. The Morgan fingerprint density at radius 2 is 1.74 bits per heavy atom. The third-order valence-electron chi connectivity index (χ3n) is 1.97. The normalized spacial score (nSPS) is 10.5. The first-order valence-corrected chi connectivity index (χ1v) is 5.51. The molecule has 0 aromatic heterocycles. The van der Waals surface area contributed by atoms with E-state index in [0.717, 1.165) is 13.0 Å². The van der Waals surface area contributed by atoms with Crippen LogP contribution < -0.4 is 10.8 Å². The van der Waals surface area contributed by atoms with E-state index in [1.54, 1.807) is 24.3 Å². The summed E-state index contributed by atoms with van der Waals surface area (Å²) in [6, 6.07) is 8.83. The largest absolute Gasteiger partial charge is 0.341 e. The highest BCUT2D eigenvalue weighted by atomic mass is 16.7. The van der Waals surface area contributed by atoms with E-state index in [0.29, 0.717) is 11.3 Å². The third kappa shape index (κ3) is 5.49. The van der Waals surface area contributed by atoms with Crippen molar-refractivity contribution in [2.45, 2.75) is 13.8 Å². The van der Waals surface area contributed by atoms with E-state index >= 15 is 0 Å². The predicted molar refractivity (Wildman–Crippen MR) is 68.1 cm³/mol. The van der Waals surface area contributed by atoms with Crippen molar-refractivity contribution in [1.29, 1.82) is 0 Å². The standard InChI is InChI=1S/C13H14N2O4/c1-9(16)14-12(11-6-4-3-5-7-11)8-13(18)15-19-10(2)17/h3-8H,1-2H3,(H,14,16)(H,15,18). The number of benzene rings is 1. The summed E-state index contributed by atoms with van der Waals surface area (Å²) in [5.74, 6) is -1.60. The molecule has 100 valence electrons. The Bertz CT molecular complexity index is 509.